The highest BCUT2D eigenvalue weighted by Gasteiger charge is 2.43. The van der Waals surface area contributed by atoms with E-state index in [2.05, 4.69) is 0 Å². The molecule has 212 valence electrons. The van der Waals surface area contributed by atoms with Gasteiger partial charge in [-0.2, -0.15) is 0 Å². The summed E-state index contributed by atoms with van der Waals surface area (Å²) in [5, 5.41) is 10.1. The minimum atomic E-state index is -1.15. The Morgan fingerprint density at radius 1 is 0.881 bits per heavy atom. The second-order valence-electron chi connectivity index (χ2n) is 9.78. The fourth-order valence-electron chi connectivity index (χ4n) is 4.67. The second kappa shape index (κ2) is 13.5. The second-order valence-corrected chi connectivity index (χ2v) is 11.5. The van der Waals surface area contributed by atoms with Gasteiger partial charge in [-0.25, -0.2) is 4.79 Å². The number of carboxylic acid groups (broad SMARTS) is 1. The Kier molecular flexibility index (Phi) is 9.36. The van der Waals surface area contributed by atoms with Crippen molar-refractivity contribution in [3.63, 3.8) is 0 Å². The van der Waals surface area contributed by atoms with Crippen molar-refractivity contribution in [1.29, 1.82) is 0 Å². The summed E-state index contributed by atoms with van der Waals surface area (Å²) in [6.45, 7) is 2.51. The van der Waals surface area contributed by atoms with Gasteiger partial charge in [0.25, 0.3) is 5.91 Å². The molecule has 1 aliphatic heterocycles. The molecule has 42 heavy (non-hydrogen) atoms. The number of rotatable bonds is 11. The van der Waals surface area contributed by atoms with Crippen LogP contribution in [0.5, 0.6) is 11.5 Å². The van der Waals surface area contributed by atoms with Crippen molar-refractivity contribution in [3.8, 4) is 11.5 Å². The third-order valence-electron chi connectivity index (χ3n) is 6.91. The molecule has 8 heteroatoms. The Balaban J connectivity index is 1.42. The number of ether oxygens (including phenoxy) is 2. The first-order valence-electron chi connectivity index (χ1n) is 13.4. The van der Waals surface area contributed by atoms with E-state index in [-0.39, 0.29) is 4.32 Å². The van der Waals surface area contributed by atoms with Gasteiger partial charge in [0.05, 0.1) is 4.91 Å². The van der Waals surface area contributed by atoms with Gasteiger partial charge in [-0.15, -0.1) is 0 Å². The Hall–Kier alpha value is -4.40. The Morgan fingerprint density at radius 3 is 2.05 bits per heavy atom. The van der Waals surface area contributed by atoms with Crippen molar-refractivity contribution in [2.75, 3.05) is 0 Å². The maximum atomic E-state index is 13.6. The van der Waals surface area contributed by atoms with Crippen LogP contribution in [0.4, 0.5) is 0 Å². The number of thioether (sulfide) groups is 1. The first-order chi connectivity index (χ1) is 20.4. The van der Waals surface area contributed by atoms with E-state index in [1.807, 2.05) is 103 Å². The van der Waals surface area contributed by atoms with Crippen LogP contribution >= 0.6 is 24.0 Å². The van der Waals surface area contributed by atoms with Crippen LogP contribution in [-0.4, -0.2) is 32.2 Å². The van der Waals surface area contributed by atoms with E-state index in [1.54, 1.807) is 19.1 Å². The molecule has 6 nitrogen and oxygen atoms in total. The number of nitrogens with zero attached hydrogens (tertiary/aromatic N) is 1. The highest BCUT2D eigenvalue weighted by molar-refractivity contribution is 8.26. The Morgan fingerprint density at radius 2 is 1.45 bits per heavy atom. The molecule has 1 amide bonds. The summed E-state index contributed by atoms with van der Waals surface area (Å²) in [5.74, 6) is -0.887. The van der Waals surface area contributed by atoms with E-state index < -0.39 is 23.8 Å². The van der Waals surface area contributed by atoms with E-state index in [9.17, 15) is 14.7 Å². The van der Waals surface area contributed by atoms with Gasteiger partial charge in [-0.05, 0) is 34.9 Å². The number of aliphatic carboxylic acids is 1. The predicted molar refractivity (Wildman–Crippen MR) is 169 cm³/mol. The number of hydrogen-bond donors (Lipinski definition) is 1. The molecule has 2 unspecified atom stereocenters. The standard InChI is InChI=1S/C34H29NO5S2/c1-23(26-15-9-4-10-16-26)31(33(37)38)35-32(36)30(42-34(35)41)19-27-17-18-28(39-21-24-11-5-2-6-12-24)20-29(27)40-22-25-13-7-3-8-14-25/h2-20,23,31H,21-22H2,1H3,(H,37,38)/b30-19-. The van der Waals surface area contributed by atoms with Gasteiger partial charge in [-0.3, -0.25) is 9.69 Å². The summed E-state index contributed by atoms with van der Waals surface area (Å²) in [5.41, 5.74) is 3.49. The minimum absolute atomic E-state index is 0.205. The number of amides is 1. The number of hydrogen-bond acceptors (Lipinski definition) is 6. The van der Waals surface area contributed by atoms with E-state index in [4.69, 9.17) is 21.7 Å². The van der Waals surface area contributed by atoms with Gasteiger partial charge < -0.3 is 14.6 Å². The normalized spacial score (nSPS) is 15.5. The van der Waals surface area contributed by atoms with Gasteiger partial charge in [0.1, 0.15) is 35.1 Å². The van der Waals surface area contributed by atoms with Crippen molar-refractivity contribution in [1.82, 2.24) is 4.90 Å². The first kappa shape index (κ1) is 29.1. The molecule has 1 heterocycles. The average Bonchev–Trinajstić information content (AvgIpc) is 3.29. The highest BCUT2D eigenvalue weighted by Crippen LogP contribution is 2.39. The van der Waals surface area contributed by atoms with Gasteiger partial charge in [0, 0.05) is 17.5 Å². The lowest BCUT2D eigenvalue weighted by Gasteiger charge is -2.28. The molecule has 2 atom stereocenters. The molecule has 0 bridgehead atoms. The molecule has 0 aliphatic carbocycles. The van der Waals surface area contributed by atoms with Gasteiger partial charge >= 0.3 is 5.97 Å². The molecule has 0 spiro atoms. The molecular weight excluding hydrogens is 567 g/mol. The van der Waals surface area contributed by atoms with Crippen molar-refractivity contribution in [2.45, 2.75) is 32.1 Å². The fourth-order valence-corrected chi connectivity index (χ4v) is 5.99. The summed E-state index contributed by atoms with van der Waals surface area (Å²) in [6.07, 6.45) is 1.70. The van der Waals surface area contributed by atoms with Crippen molar-refractivity contribution in [2.24, 2.45) is 0 Å². The fraction of sp³-hybridized carbons (Fsp3) is 0.147. The molecular formula is C34H29NO5S2. The molecule has 0 radical (unpaired) electrons. The van der Waals surface area contributed by atoms with Crippen LogP contribution in [0.15, 0.2) is 114 Å². The predicted octanol–water partition coefficient (Wildman–Crippen LogP) is 7.30. The van der Waals surface area contributed by atoms with E-state index in [1.165, 1.54) is 4.90 Å². The van der Waals surface area contributed by atoms with Crippen LogP contribution in [0, 0.1) is 0 Å². The zero-order chi connectivity index (χ0) is 29.5. The van der Waals surface area contributed by atoms with Crippen LogP contribution in [0.25, 0.3) is 6.08 Å². The minimum Gasteiger partial charge on any atom is -0.489 e. The first-order valence-corrected chi connectivity index (χ1v) is 14.7. The molecule has 1 saturated heterocycles. The molecule has 4 aromatic carbocycles. The SMILES string of the molecule is CC(c1ccccc1)C(C(=O)O)N1C(=O)/C(=C/c2ccc(OCc3ccccc3)cc2OCc2ccccc2)SC1=S. The number of carboxylic acids is 1. The number of carbonyl (C=O) groups excluding carboxylic acids is 1. The van der Waals surface area contributed by atoms with Gasteiger partial charge in [0.2, 0.25) is 0 Å². The summed E-state index contributed by atoms with van der Waals surface area (Å²) in [7, 11) is 0. The third-order valence-corrected chi connectivity index (χ3v) is 8.24. The van der Waals surface area contributed by atoms with Gasteiger partial charge in [-0.1, -0.05) is 122 Å². The average molecular weight is 596 g/mol. The van der Waals surface area contributed by atoms with Crippen molar-refractivity contribution >= 4 is 46.3 Å². The number of carbonyl (C=O) groups is 2. The molecule has 4 aromatic rings. The van der Waals surface area contributed by atoms with E-state index in [0.29, 0.717) is 35.2 Å². The number of benzene rings is 4. The van der Waals surface area contributed by atoms with Crippen molar-refractivity contribution in [3.05, 3.63) is 136 Å². The number of thiocarbonyl (C=S) groups is 1. The molecule has 0 aromatic heterocycles. The van der Waals surface area contributed by atoms with Crippen LogP contribution in [0.1, 0.15) is 35.1 Å². The molecule has 5 rings (SSSR count). The summed E-state index contributed by atoms with van der Waals surface area (Å²) in [6, 6.07) is 33.2. The van der Waals surface area contributed by atoms with E-state index in [0.717, 1.165) is 28.5 Å². The topological polar surface area (TPSA) is 76.1 Å². The van der Waals surface area contributed by atoms with Crippen LogP contribution in [-0.2, 0) is 22.8 Å². The van der Waals surface area contributed by atoms with Crippen molar-refractivity contribution < 1.29 is 24.2 Å². The molecule has 1 N–H and O–H groups in total. The maximum Gasteiger partial charge on any atom is 0.327 e. The smallest absolute Gasteiger partial charge is 0.327 e. The summed E-state index contributed by atoms with van der Waals surface area (Å²) < 4.78 is 12.4. The Labute approximate surface area is 254 Å². The van der Waals surface area contributed by atoms with Crippen LogP contribution in [0.3, 0.4) is 0 Å². The zero-order valence-electron chi connectivity index (χ0n) is 22.9. The molecule has 1 aliphatic rings. The summed E-state index contributed by atoms with van der Waals surface area (Å²) >= 11 is 6.63. The monoisotopic (exact) mass is 595 g/mol. The lowest BCUT2D eigenvalue weighted by Crippen LogP contribution is -2.46. The largest absolute Gasteiger partial charge is 0.489 e. The lowest BCUT2D eigenvalue weighted by molar-refractivity contribution is -0.146. The molecule has 0 saturated carbocycles. The summed E-state index contributed by atoms with van der Waals surface area (Å²) in [4.78, 5) is 27.6. The van der Waals surface area contributed by atoms with Crippen LogP contribution in [0.2, 0.25) is 0 Å². The third kappa shape index (κ3) is 6.90. The van der Waals surface area contributed by atoms with E-state index >= 15 is 0 Å². The van der Waals surface area contributed by atoms with Gasteiger partial charge in [0.15, 0.2) is 0 Å². The zero-order valence-corrected chi connectivity index (χ0v) is 24.5. The Bertz CT molecular complexity index is 1590. The van der Waals surface area contributed by atoms with Crippen LogP contribution < -0.4 is 9.47 Å². The molecule has 1 fully saturated rings. The highest BCUT2D eigenvalue weighted by atomic mass is 32.2. The maximum absolute atomic E-state index is 13.6. The lowest BCUT2D eigenvalue weighted by atomic mass is 9.92. The quantitative estimate of drug-likeness (QED) is 0.144.